The van der Waals surface area contributed by atoms with Crippen LogP contribution in [0.5, 0.6) is 11.5 Å². The van der Waals surface area contributed by atoms with Crippen molar-refractivity contribution in [2.75, 3.05) is 6.61 Å². The number of hydrogen-bond donors (Lipinski definition) is 0. The molecule has 0 aliphatic carbocycles. The maximum atomic E-state index is 5.72. The molecule has 1 unspecified atom stereocenters. The Morgan fingerprint density at radius 2 is 2.06 bits per heavy atom. The molecule has 0 N–H and O–H groups in total. The SMILES string of the molecule is Cc1nc(C2COc3ccccc3O2)no1. The summed E-state index contributed by atoms with van der Waals surface area (Å²) in [4.78, 5) is 4.12. The van der Waals surface area contributed by atoms with Gasteiger partial charge in [0, 0.05) is 6.92 Å². The van der Waals surface area contributed by atoms with Crippen LogP contribution in [0, 0.1) is 6.92 Å². The largest absolute Gasteiger partial charge is 0.485 e. The molecule has 0 bridgehead atoms. The molecule has 0 spiro atoms. The fraction of sp³-hybridized carbons (Fsp3) is 0.273. The second-order valence-corrected chi connectivity index (χ2v) is 3.54. The van der Waals surface area contributed by atoms with Crippen molar-refractivity contribution < 1.29 is 14.0 Å². The number of aromatic nitrogens is 2. The molecule has 0 saturated carbocycles. The maximum absolute atomic E-state index is 5.72. The van der Waals surface area contributed by atoms with Gasteiger partial charge in [-0.2, -0.15) is 4.98 Å². The lowest BCUT2D eigenvalue weighted by Crippen LogP contribution is -2.22. The number of ether oxygens (including phenoxy) is 2. The Bertz CT molecular complexity index is 509. The third-order valence-electron chi connectivity index (χ3n) is 2.34. The average Bonchev–Trinajstić information content (AvgIpc) is 2.75. The number of rotatable bonds is 1. The van der Waals surface area contributed by atoms with Gasteiger partial charge in [-0.3, -0.25) is 0 Å². The van der Waals surface area contributed by atoms with Gasteiger partial charge in [-0.05, 0) is 12.1 Å². The molecule has 2 heterocycles. The molecular weight excluding hydrogens is 208 g/mol. The molecule has 0 saturated heterocycles. The van der Waals surface area contributed by atoms with Crippen LogP contribution >= 0.6 is 0 Å². The van der Waals surface area contributed by atoms with Gasteiger partial charge in [-0.25, -0.2) is 0 Å². The minimum Gasteiger partial charge on any atom is -0.485 e. The zero-order valence-corrected chi connectivity index (χ0v) is 8.71. The highest BCUT2D eigenvalue weighted by Crippen LogP contribution is 2.34. The highest BCUT2D eigenvalue weighted by atomic mass is 16.6. The molecule has 1 aromatic heterocycles. The molecule has 0 fully saturated rings. The molecule has 2 aromatic rings. The molecule has 5 heteroatoms. The summed E-state index contributed by atoms with van der Waals surface area (Å²) < 4.78 is 16.2. The van der Waals surface area contributed by atoms with Gasteiger partial charge in [0.1, 0.15) is 6.61 Å². The summed E-state index contributed by atoms with van der Waals surface area (Å²) in [5.74, 6) is 2.50. The maximum Gasteiger partial charge on any atom is 0.223 e. The van der Waals surface area contributed by atoms with E-state index in [0.717, 1.165) is 5.75 Å². The zero-order valence-electron chi connectivity index (χ0n) is 8.71. The number of benzene rings is 1. The van der Waals surface area contributed by atoms with Crippen LogP contribution in [0.2, 0.25) is 0 Å². The molecular formula is C11H10N2O3. The third kappa shape index (κ3) is 1.50. The van der Waals surface area contributed by atoms with Gasteiger partial charge in [0.25, 0.3) is 0 Å². The molecule has 1 aliphatic rings. The molecule has 3 rings (SSSR count). The molecule has 0 amide bonds. The molecule has 0 radical (unpaired) electrons. The number of hydrogen-bond acceptors (Lipinski definition) is 5. The molecule has 1 atom stereocenters. The van der Waals surface area contributed by atoms with E-state index in [1.165, 1.54) is 0 Å². The molecule has 1 aliphatic heterocycles. The summed E-state index contributed by atoms with van der Waals surface area (Å²) in [5.41, 5.74) is 0. The summed E-state index contributed by atoms with van der Waals surface area (Å²) >= 11 is 0. The van der Waals surface area contributed by atoms with Crippen LogP contribution in [0.4, 0.5) is 0 Å². The normalized spacial score (nSPS) is 18.4. The number of nitrogens with zero attached hydrogens (tertiary/aromatic N) is 2. The van der Waals surface area contributed by atoms with Gasteiger partial charge in [0.05, 0.1) is 0 Å². The summed E-state index contributed by atoms with van der Waals surface area (Å²) in [6.07, 6.45) is -0.299. The fourth-order valence-electron chi connectivity index (χ4n) is 1.59. The van der Waals surface area contributed by atoms with Gasteiger partial charge < -0.3 is 14.0 Å². The van der Waals surface area contributed by atoms with E-state index in [9.17, 15) is 0 Å². The van der Waals surface area contributed by atoms with Crippen molar-refractivity contribution in [2.24, 2.45) is 0 Å². The Labute approximate surface area is 92.0 Å². The molecule has 82 valence electrons. The molecule has 16 heavy (non-hydrogen) atoms. The van der Waals surface area contributed by atoms with Gasteiger partial charge in [-0.1, -0.05) is 17.3 Å². The van der Waals surface area contributed by atoms with Crippen molar-refractivity contribution in [2.45, 2.75) is 13.0 Å². The van der Waals surface area contributed by atoms with Gasteiger partial charge in [0.15, 0.2) is 17.6 Å². The lowest BCUT2D eigenvalue weighted by molar-refractivity contribution is 0.0832. The van der Waals surface area contributed by atoms with E-state index in [2.05, 4.69) is 10.1 Å². The quantitative estimate of drug-likeness (QED) is 0.731. The summed E-state index contributed by atoms with van der Waals surface area (Å²) in [5, 5.41) is 3.82. The number of para-hydroxylation sites is 2. The molecule has 5 nitrogen and oxygen atoms in total. The van der Waals surface area contributed by atoms with Gasteiger partial charge >= 0.3 is 0 Å². The Morgan fingerprint density at radius 1 is 1.25 bits per heavy atom. The standard InChI is InChI=1S/C11H10N2O3/c1-7-12-11(13-16-7)10-6-14-8-4-2-3-5-9(8)15-10/h2-5,10H,6H2,1H3. The monoisotopic (exact) mass is 218 g/mol. The van der Waals surface area contributed by atoms with Gasteiger partial charge in [-0.15, -0.1) is 0 Å². The van der Waals surface area contributed by atoms with Crippen LogP contribution < -0.4 is 9.47 Å². The van der Waals surface area contributed by atoms with E-state index < -0.39 is 0 Å². The van der Waals surface area contributed by atoms with Crippen molar-refractivity contribution in [1.29, 1.82) is 0 Å². The van der Waals surface area contributed by atoms with Crippen molar-refractivity contribution in [1.82, 2.24) is 10.1 Å². The number of fused-ring (bicyclic) bond motifs is 1. The Hall–Kier alpha value is -2.04. The topological polar surface area (TPSA) is 57.4 Å². The fourth-order valence-corrected chi connectivity index (χ4v) is 1.59. The third-order valence-corrected chi connectivity index (χ3v) is 2.34. The van der Waals surface area contributed by atoms with Crippen molar-refractivity contribution in [3.8, 4) is 11.5 Å². The minimum absolute atomic E-state index is 0.299. The first kappa shape index (κ1) is 9.21. The van der Waals surface area contributed by atoms with E-state index in [1.807, 2.05) is 24.3 Å². The number of aryl methyl sites for hydroxylation is 1. The first-order chi connectivity index (χ1) is 7.83. The van der Waals surface area contributed by atoms with E-state index >= 15 is 0 Å². The summed E-state index contributed by atoms with van der Waals surface area (Å²) in [6.45, 7) is 2.14. The lowest BCUT2D eigenvalue weighted by Gasteiger charge is -2.24. The van der Waals surface area contributed by atoms with E-state index in [0.29, 0.717) is 24.1 Å². The minimum atomic E-state index is -0.299. The molecule has 1 aromatic carbocycles. The van der Waals surface area contributed by atoms with Crippen LogP contribution in [0.25, 0.3) is 0 Å². The smallest absolute Gasteiger partial charge is 0.223 e. The Kier molecular flexibility index (Phi) is 2.02. The first-order valence-electron chi connectivity index (χ1n) is 5.01. The van der Waals surface area contributed by atoms with E-state index in [4.69, 9.17) is 14.0 Å². The lowest BCUT2D eigenvalue weighted by atomic mass is 10.2. The predicted molar refractivity (Wildman–Crippen MR) is 54.3 cm³/mol. The van der Waals surface area contributed by atoms with Gasteiger partial charge in [0.2, 0.25) is 11.7 Å². The van der Waals surface area contributed by atoms with Crippen LogP contribution in [-0.2, 0) is 0 Å². The summed E-state index contributed by atoms with van der Waals surface area (Å²) in [7, 11) is 0. The second-order valence-electron chi connectivity index (χ2n) is 3.54. The van der Waals surface area contributed by atoms with Crippen LogP contribution in [0.3, 0.4) is 0 Å². The van der Waals surface area contributed by atoms with E-state index in [-0.39, 0.29) is 6.10 Å². The van der Waals surface area contributed by atoms with Crippen LogP contribution in [-0.4, -0.2) is 16.7 Å². The second kappa shape index (κ2) is 3.52. The van der Waals surface area contributed by atoms with E-state index in [1.54, 1.807) is 6.92 Å². The van der Waals surface area contributed by atoms with Crippen molar-refractivity contribution in [3.05, 3.63) is 36.0 Å². The first-order valence-corrected chi connectivity index (χ1v) is 5.01. The zero-order chi connectivity index (χ0) is 11.0. The van der Waals surface area contributed by atoms with Crippen LogP contribution in [0.15, 0.2) is 28.8 Å². The summed E-state index contributed by atoms with van der Waals surface area (Å²) in [6, 6.07) is 7.52. The highest BCUT2D eigenvalue weighted by molar-refractivity contribution is 5.40. The Morgan fingerprint density at radius 3 is 2.81 bits per heavy atom. The predicted octanol–water partition coefficient (Wildman–Crippen LogP) is 1.89. The van der Waals surface area contributed by atoms with Crippen LogP contribution in [0.1, 0.15) is 17.8 Å². The van der Waals surface area contributed by atoms with Crippen molar-refractivity contribution >= 4 is 0 Å². The Balaban J connectivity index is 1.88. The van der Waals surface area contributed by atoms with Crippen molar-refractivity contribution in [3.63, 3.8) is 0 Å². The highest BCUT2D eigenvalue weighted by Gasteiger charge is 2.26. The average molecular weight is 218 g/mol.